The molecule has 1 aromatic rings. The predicted octanol–water partition coefficient (Wildman–Crippen LogP) is -0.881. The first-order chi connectivity index (χ1) is 5.82. The van der Waals surface area contributed by atoms with E-state index in [4.69, 9.17) is 10.0 Å². The highest BCUT2D eigenvalue weighted by Crippen LogP contribution is 2.26. The van der Waals surface area contributed by atoms with E-state index in [-0.39, 0.29) is 0 Å². The van der Waals surface area contributed by atoms with E-state index in [1.54, 1.807) is 0 Å². The summed E-state index contributed by atoms with van der Waals surface area (Å²) in [5.74, 6) is 0. The first kappa shape index (κ1) is 10.1. The monoisotopic (exact) mass is 194 g/mol. The Morgan fingerprint density at radius 2 is 2.00 bits per heavy atom. The summed E-state index contributed by atoms with van der Waals surface area (Å²) in [5.41, 5.74) is -1.58. The first-order valence-electron chi connectivity index (χ1n) is 3.29. The summed E-state index contributed by atoms with van der Waals surface area (Å²) in [7, 11) is -0.752. The fraction of sp³-hybridized carbons (Fsp3) is 0.400. The summed E-state index contributed by atoms with van der Waals surface area (Å²) in [4.78, 5) is 3.02. The molecule has 0 aliphatic rings. The van der Waals surface area contributed by atoms with Gasteiger partial charge in [0.1, 0.15) is 5.72 Å². The van der Waals surface area contributed by atoms with E-state index in [0.29, 0.717) is 6.20 Å². The molecule has 0 unspecified atom stereocenters. The summed E-state index contributed by atoms with van der Waals surface area (Å²) < 4.78 is 36.9. The van der Waals surface area contributed by atoms with Crippen LogP contribution in [0.15, 0.2) is 6.20 Å². The summed E-state index contributed by atoms with van der Waals surface area (Å²) >= 11 is 0. The maximum atomic E-state index is 12.0. The molecule has 0 radical (unpaired) electrons. The largest absolute Gasteiger partial charge is 0.526 e. The highest BCUT2D eigenvalue weighted by molar-refractivity contribution is 6.56. The van der Waals surface area contributed by atoms with Gasteiger partial charge in [0.05, 0.1) is 0 Å². The summed E-state index contributed by atoms with van der Waals surface area (Å²) in [5, 5.41) is 17.2. The van der Waals surface area contributed by atoms with Crippen molar-refractivity contribution in [2.45, 2.75) is 6.18 Å². The highest BCUT2D eigenvalue weighted by atomic mass is 19.4. The molecule has 2 N–H and O–H groups in total. The van der Waals surface area contributed by atoms with Crippen molar-refractivity contribution in [2.75, 3.05) is 0 Å². The minimum absolute atomic E-state index is 0.438. The van der Waals surface area contributed by atoms with Crippen LogP contribution in [0.5, 0.6) is 0 Å². The van der Waals surface area contributed by atoms with Crippen LogP contribution < -0.4 is 5.72 Å². The van der Waals surface area contributed by atoms with Gasteiger partial charge < -0.3 is 14.6 Å². The normalized spacial score (nSPS) is 11.8. The lowest BCUT2D eigenvalue weighted by Crippen LogP contribution is -2.37. The second-order valence-corrected chi connectivity index (χ2v) is 2.47. The van der Waals surface area contributed by atoms with E-state index < -0.39 is 24.7 Å². The second kappa shape index (κ2) is 3.04. The van der Waals surface area contributed by atoms with Crippen LogP contribution in [0.1, 0.15) is 5.69 Å². The van der Waals surface area contributed by atoms with Crippen molar-refractivity contribution in [3.05, 3.63) is 11.9 Å². The van der Waals surface area contributed by atoms with Crippen molar-refractivity contribution < 1.29 is 23.2 Å². The van der Waals surface area contributed by atoms with Crippen LogP contribution in [0.4, 0.5) is 13.2 Å². The number of aryl methyl sites for hydroxylation is 1. The lowest BCUT2D eigenvalue weighted by Gasteiger charge is -1.99. The van der Waals surface area contributed by atoms with Gasteiger partial charge in [-0.2, -0.15) is 13.2 Å². The van der Waals surface area contributed by atoms with E-state index >= 15 is 0 Å². The molecular formula is C5H6BF3N2O2. The van der Waals surface area contributed by atoms with Crippen molar-refractivity contribution >= 4 is 12.8 Å². The van der Waals surface area contributed by atoms with Crippen LogP contribution in [-0.2, 0) is 13.2 Å². The van der Waals surface area contributed by atoms with E-state index in [1.807, 2.05) is 0 Å². The number of alkyl halides is 3. The molecule has 4 nitrogen and oxygen atoms in total. The second-order valence-electron chi connectivity index (χ2n) is 2.47. The van der Waals surface area contributed by atoms with Gasteiger partial charge in [0.15, 0.2) is 5.69 Å². The minimum Gasteiger partial charge on any atom is -0.421 e. The quantitative estimate of drug-likeness (QED) is 0.570. The molecule has 1 rings (SSSR count). The van der Waals surface area contributed by atoms with E-state index in [2.05, 4.69) is 4.98 Å². The molecule has 0 saturated heterocycles. The average Bonchev–Trinajstić information content (AvgIpc) is 2.29. The SMILES string of the molecule is Cn1cc(C(F)(F)F)nc1B(O)O. The van der Waals surface area contributed by atoms with Gasteiger partial charge in [-0.15, -0.1) is 0 Å². The molecule has 0 fully saturated rings. The number of nitrogens with zero attached hydrogens (tertiary/aromatic N) is 2. The highest BCUT2D eigenvalue weighted by Gasteiger charge is 2.35. The Kier molecular flexibility index (Phi) is 2.35. The van der Waals surface area contributed by atoms with Crippen LogP contribution in [-0.4, -0.2) is 26.7 Å². The Hall–Kier alpha value is -1.02. The molecule has 1 heterocycles. The van der Waals surface area contributed by atoms with Crippen molar-refractivity contribution in [3.63, 3.8) is 0 Å². The van der Waals surface area contributed by atoms with E-state index in [9.17, 15) is 13.2 Å². The zero-order valence-corrected chi connectivity index (χ0v) is 6.58. The fourth-order valence-electron chi connectivity index (χ4n) is 0.857. The van der Waals surface area contributed by atoms with Gasteiger partial charge in [-0.25, -0.2) is 4.98 Å². The van der Waals surface area contributed by atoms with Gasteiger partial charge in [0.25, 0.3) is 0 Å². The van der Waals surface area contributed by atoms with Crippen LogP contribution in [0.3, 0.4) is 0 Å². The lowest BCUT2D eigenvalue weighted by atomic mass is 9.91. The van der Waals surface area contributed by atoms with Crippen LogP contribution in [0.25, 0.3) is 0 Å². The average molecular weight is 194 g/mol. The molecule has 0 spiro atoms. The molecule has 1 aromatic heterocycles. The van der Waals surface area contributed by atoms with Crippen molar-refractivity contribution in [3.8, 4) is 0 Å². The maximum absolute atomic E-state index is 12.0. The van der Waals surface area contributed by atoms with Crippen LogP contribution >= 0.6 is 0 Å². The Balaban J connectivity index is 3.10. The third-order valence-electron chi connectivity index (χ3n) is 1.43. The van der Waals surface area contributed by atoms with Gasteiger partial charge in [-0.05, 0) is 0 Å². The molecule has 0 aromatic carbocycles. The number of imidazole rings is 1. The van der Waals surface area contributed by atoms with Crippen LogP contribution in [0.2, 0.25) is 0 Å². The number of rotatable bonds is 1. The third-order valence-corrected chi connectivity index (χ3v) is 1.43. The Morgan fingerprint density at radius 1 is 1.46 bits per heavy atom. The zero-order chi connectivity index (χ0) is 10.2. The number of hydrogen-bond acceptors (Lipinski definition) is 3. The molecule has 0 atom stereocenters. The molecule has 0 amide bonds. The third kappa shape index (κ3) is 2.01. The standard InChI is InChI=1S/C5H6BF3N2O2/c1-11-2-3(5(7,8)9)10-4(11)6(12)13/h2,12-13H,1H3. The van der Waals surface area contributed by atoms with Crippen molar-refractivity contribution in [1.29, 1.82) is 0 Å². The van der Waals surface area contributed by atoms with Crippen LogP contribution in [0, 0.1) is 0 Å². The van der Waals surface area contributed by atoms with Gasteiger partial charge in [-0.3, -0.25) is 0 Å². The smallest absolute Gasteiger partial charge is 0.421 e. The molecule has 0 aliphatic carbocycles. The van der Waals surface area contributed by atoms with Crippen molar-refractivity contribution in [1.82, 2.24) is 9.55 Å². The van der Waals surface area contributed by atoms with Gasteiger partial charge in [-0.1, -0.05) is 0 Å². The minimum atomic E-state index is -4.56. The molecule has 0 aliphatic heterocycles. The molecule has 8 heteroatoms. The Labute approximate surface area is 71.8 Å². The number of halogens is 3. The van der Waals surface area contributed by atoms with E-state index in [0.717, 1.165) is 4.57 Å². The number of aromatic nitrogens is 2. The maximum Gasteiger partial charge on any atom is 0.526 e. The van der Waals surface area contributed by atoms with Gasteiger partial charge in [0, 0.05) is 13.2 Å². The first-order valence-corrected chi connectivity index (χ1v) is 3.29. The molecule has 13 heavy (non-hydrogen) atoms. The summed E-state index contributed by atoms with van der Waals surface area (Å²) in [6.45, 7) is 0. The molecule has 72 valence electrons. The predicted molar refractivity (Wildman–Crippen MR) is 38.0 cm³/mol. The summed E-state index contributed by atoms with van der Waals surface area (Å²) in [6, 6.07) is 0. The zero-order valence-electron chi connectivity index (χ0n) is 6.58. The van der Waals surface area contributed by atoms with Gasteiger partial charge in [0.2, 0.25) is 0 Å². The Bertz CT molecular complexity index is 309. The van der Waals surface area contributed by atoms with Crippen molar-refractivity contribution in [2.24, 2.45) is 7.05 Å². The summed E-state index contributed by atoms with van der Waals surface area (Å²) in [6.07, 6.45) is -3.88. The fourth-order valence-corrected chi connectivity index (χ4v) is 0.857. The molecule has 0 saturated carbocycles. The molecule has 0 bridgehead atoms. The number of hydrogen-bond donors (Lipinski definition) is 2. The topological polar surface area (TPSA) is 58.3 Å². The lowest BCUT2D eigenvalue weighted by molar-refractivity contribution is -0.140. The Morgan fingerprint density at radius 3 is 2.23 bits per heavy atom. The van der Waals surface area contributed by atoms with Gasteiger partial charge >= 0.3 is 13.3 Å². The van der Waals surface area contributed by atoms with E-state index in [1.165, 1.54) is 7.05 Å². The molecular weight excluding hydrogens is 188 g/mol.